The van der Waals surface area contributed by atoms with Crippen LogP contribution in [0.25, 0.3) is 16.7 Å². The van der Waals surface area contributed by atoms with Crippen LogP contribution in [0, 0.1) is 0 Å². The molecule has 0 bridgehead atoms. The van der Waals surface area contributed by atoms with Crippen molar-refractivity contribution in [1.29, 1.82) is 0 Å². The molecule has 26 heavy (non-hydrogen) atoms. The fraction of sp³-hybridized carbons (Fsp3) is 0.235. The molecule has 0 atom stereocenters. The van der Waals surface area contributed by atoms with Gasteiger partial charge in [-0.1, -0.05) is 30.0 Å². The van der Waals surface area contributed by atoms with Crippen LogP contribution in [0.5, 0.6) is 0 Å². The first-order valence-corrected chi connectivity index (χ1v) is 9.16. The van der Waals surface area contributed by atoms with E-state index in [1.165, 1.54) is 18.1 Å². The van der Waals surface area contributed by atoms with Crippen molar-refractivity contribution in [3.05, 3.63) is 42.9 Å². The highest BCUT2D eigenvalue weighted by Crippen LogP contribution is 2.25. The number of nitrogens with one attached hydrogen (secondary N) is 2. The number of fused-ring (bicyclic) bond motifs is 1. The number of urea groups is 1. The molecule has 132 valence electrons. The molecule has 0 radical (unpaired) electrons. The minimum absolute atomic E-state index is 0.0840. The Kier molecular flexibility index (Phi) is 4.53. The molecule has 1 aromatic carbocycles. The molecule has 2 aromatic heterocycles. The number of carbonyl (C=O) groups is 2. The van der Waals surface area contributed by atoms with Crippen LogP contribution >= 0.6 is 11.8 Å². The van der Waals surface area contributed by atoms with E-state index in [2.05, 4.69) is 25.7 Å². The molecule has 2 N–H and O–H groups in total. The second-order valence-corrected chi connectivity index (χ2v) is 6.86. The summed E-state index contributed by atoms with van der Waals surface area (Å²) in [5.74, 6) is -0.281. The maximum absolute atomic E-state index is 11.9. The van der Waals surface area contributed by atoms with Gasteiger partial charge in [0.05, 0.1) is 23.0 Å². The molecule has 3 aromatic rings. The number of nitrogens with zero attached hydrogens (tertiary/aromatic N) is 4. The third-order valence-electron chi connectivity index (χ3n) is 3.84. The highest BCUT2D eigenvalue weighted by molar-refractivity contribution is 8.00. The van der Waals surface area contributed by atoms with E-state index in [-0.39, 0.29) is 17.7 Å². The Morgan fingerprint density at radius 1 is 1.19 bits per heavy atom. The van der Waals surface area contributed by atoms with Gasteiger partial charge in [0.15, 0.2) is 5.65 Å². The van der Waals surface area contributed by atoms with Crippen LogP contribution in [0.2, 0.25) is 0 Å². The van der Waals surface area contributed by atoms with Crippen LogP contribution in [0.15, 0.2) is 47.9 Å². The second kappa shape index (κ2) is 7.12. The van der Waals surface area contributed by atoms with E-state index in [1.54, 1.807) is 10.9 Å². The summed E-state index contributed by atoms with van der Waals surface area (Å²) in [6.07, 6.45) is 5.08. The SMILES string of the molecule is O=C(CSc1ncnc2c1cnn2-c1ccccc1)NC(=O)NC1CC1. The highest BCUT2D eigenvalue weighted by Gasteiger charge is 2.24. The predicted octanol–water partition coefficient (Wildman–Crippen LogP) is 1.90. The lowest BCUT2D eigenvalue weighted by Gasteiger charge is -2.06. The van der Waals surface area contributed by atoms with Crippen molar-refractivity contribution in [2.45, 2.75) is 23.9 Å². The van der Waals surface area contributed by atoms with Gasteiger partial charge in [0.2, 0.25) is 5.91 Å². The van der Waals surface area contributed by atoms with E-state index in [0.29, 0.717) is 10.7 Å². The Balaban J connectivity index is 1.46. The lowest BCUT2D eigenvalue weighted by Crippen LogP contribution is -2.41. The lowest BCUT2D eigenvalue weighted by atomic mass is 10.3. The summed E-state index contributed by atoms with van der Waals surface area (Å²) < 4.78 is 1.73. The first kappa shape index (κ1) is 16.5. The Hall–Kier alpha value is -2.94. The highest BCUT2D eigenvalue weighted by atomic mass is 32.2. The third-order valence-corrected chi connectivity index (χ3v) is 4.84. The molecular weight excluding hydrogens is 352 g/mol. The Morgan fingerprint density at radius 2 is 2.00 bits per heavy atom. The number of carbonyl (C=O) groups excluding carboxylic acids is 2. The number of rotatable bonds is 5. The molecule has 9 heteroatoms. The smallest absolute Gasteiger partial charge is 0.321 e. The topological polar surface area (TPSA) is 102 Å². The number of hydrogen-bond acceptors (Lipinski definition) is 6. The van der Waals surface area contributed by atoms with E-state index < -0.39 is 6.03 Å². The van der Waals surface area contributed by atoms with E-state index >= 15 is 0 Å². The summed E-state index contributed by atoms with van der Waals surface area (Å²) in [5.41, 5.74) is 1.56. The summed E-state index contributed by atoms with van der Waals surface area (Å²) in [6, 6.07) is 9.43. The summed E-state index contributed by atoms with van der Waals surface area (Å²) >= 11 is 1.25. The first-order valence-electron chi connectivity index (χ1n) is 8.18. The van der Waals surface area contributed by atoms with Crippen LogP contribution < -0.4 is 10.6 Å². The fourth-order valence-electron chi connectivity index (χ4n) is 2.44. The summed E-state index contributed by atoms with van der Waals surface area (Å²) in [6.45, 7) is 0. The van der Waals surface area contributed by atoms with Crippen molar-refractivity contribution in [2.24, 2.45) is 0 Å². The van der Waals surface area contributed by atoms with E-state index in [1.807, 2.05) is 30.3 Å². The minimum Gasteiger partial charge on any atom is -0.335 e. The van der Waals surface area contributed by atoms with Crippen LogP contribution in [0.4, 0.5) is 4.79 Å². The van der Waals surface area contributed by atoms with Gasteiger partial charge >= 0.3 is 6.03 Å². The average molecular weight is 368 g/mol. The maximum Gasteiger partial charge on any atom is 0.321 e. The number of amides is 3. The van der Waals surface area contributed by atoms with Crippen molar-refractivity contribution in [2.75, 3.05) is 5.75 Å². The molecule has 1 aliphatic rings. The molecule has 1 aliphatic carbocycles. The lowest BCUT2D eigenvalue weighted by molar-refractivity contribution is -0.117. The Bertz CT molecular complexity index is 954. The van der Waals surface area contributed by atoms with Gasteiger partial charge in [0, 0.05) is 6.04 Å². The zero-order chi connectivity index (χ0) is 17.9. The molecule has 0 aliphatic heterocycles. The number of benzene rings is 1. The van der Waals surface area contributed by atoms with Crippen LogP contribution in [0.1, 0.15) is 12.8 Å². The molecule has 3 amide bonds. The molecule has 1 fully saturated rings. The molecule has 0 spiro atoms. The zero-order valence-corrected chi connectivity index (χ0v) is 14.6. The van der Waals surface area contributed by atoms with E-state index in [4.69, 9.17) is 0 Å². The monoisotopic (exact) mass is 368 g/mol. The van der Waals surface area contributed by atoms with Crippen molar-refractivity contribution >= 4 is 34.7 Å². The van der Waals surface area contributed by atoms with Crippen molar-refractivity contribution in [1.82, 2.24) is 30.4 Å². The number of thioether (sulfide) groups is 1. The van der Waals surface area contributed by atoms with Gasteiger partial charge in [-0.05, 0) is 25.0 Å². The number of hydrogen-bond donors (Lipinski definition) is 2. The molecular formula is C17H16N6O2S. The van der Waals surface area contributed by atoms with Gasteiger partial charge in [-0.3, -0.25) is 10.1 Å². The minimum atomic E-state index is -0.442. The predicted molar refractivity (Wildman–Crippen MR) is 97.1 cm³/mol. The average Bonchev–Trinajstić information content (AvgIpc) is 3.35. The van der Waals surface area contributed by atoms with Gasteiger partial charge < -0.3 is 5.32 Å². The van der Waals surface area contributed by atoms with Gasteiger partial charge in [-0.15, -0.1) is 0 Å². The molecule has 2 heterocycles. The van der Waals surface area contributed by atoms with Crippen LogP contribution in [-0.4, -0.2) is 43.5 Å². The number of imide groups is 1. The zero-order valence-electron chi connectivity index (χ0n) is 13.8. The van der Waals surface area contributed by atoms with Gasteiger partial charge in [0.25, 0.3) is 0 Å². The normalized spacial score (nSPS) is 13.5. The van der Waals surface area contributed by atoms with Crippen molar-refractivity contribution in [3.8, 4) is 5.69 Å². The molecule has 8 nitrogen and oxygen atoms in total. The number of para-hydroxylation sites is 1. The summed E-state index contributed by atoms with van der Waals surface area (Å²) in [4.78, 5) is 32.1. The summed E-state index contributed by atoms with van der Waals surface area (Å²) in [7, 11) is 0. The van der Waals surface area contributed by atoms with E-state index in [0.717, 1.165) is 23.9 Å². The van der Waals surface area contributed by atoms with Crippen molar-refractivity contribution in [3.63, 3.8) is 0 Å². The Morgan fingerprint density at radius 3 is 2.77 bits per heavy atom. The van der Waals surface area contributed by atoms with Gasteiger partial charge in [0.1, 0.15) is 11.4 Å². The van der Waals surface area contributed by atoms with Gasteiger partial charge in [-0.2, -0.15) is 5.10 Å². The van der Waals surface area contributed by atoms with Crippen LogP contribution in [0.3, 0.4) is 0 Å². The third kappa shape index (κ3) is 3.67. The Labute approximate surface area is 153 Å². The molecule has 4 rings (SSSR count). The quantitative estimate of drug-likeness (QED) is 0.527. The van der Waals surface area contributed by atoms with Gasteiger partial charge in [-0.25, -0.2) is 19.4 Å². The first-order chi connectivity index (χ1) is 12.7. The van der Waals surface area contributed by atoms with Crippen molar-refractivity contribution < 1.29 is 9.59 Å². The maximum atomic E-state index is 11.9. The van der Waals surface area contributed by atoms with Crippen LogP contribution in [-0.2, 0) is 4.79 Å². The fourth-order valence-corrected chi connectivity index (χ4v) is 3.20. The molecule has 0 saturated heterocycles. The standard InChI is InChI=1S/C17H16N6O2S/c24-14(22-17(25)21-11-6-7-11)9-26-16-13-8-20-23(15(13)18-10-19-16)12-4-2-1-3-5-12/h1-5,8,10-11H,6-7,9H2,(H2,21,22,24,25). The second-order valence-electron chi connectivity index (χ2n) is 5.89. The molecule has 0 unspecified atom stereocenters. The largest absolute Gasteiger partial charge is 0.335 e. The van der Waals surface area contributed by atoms with E-state index in [9.17, 15) is 9.59 Å². The number of aromatic nitrogens is 4. The summed E-state index contributed by atoms with van der Waals surface area (Å²) in [5, 5.41) is 10.8. The molecule has 1 saturated carbocycles.